The highest BCUT2D eigenvalue weighted by Crippen LogP contribution is 2.27. The number of aromatic nitrogens is 2. The van der Waals surface area contributed by atoms with E-state index < -0.39 is 11.9 Å². The SMILES string of the molecule is COC(=O)CNC(=O)c1ccc(NC(=O)c2c(C)nc(-c3cccs3)nc2SC)cc1. The molecule has 0 fully saturated rings. The molecule has 8 nitrogen and oxygen atoms in total. The van der Waals surface area contributed by atoms with E-state index in [0.717, 1.165) is 4.88 Å². The Hall–Kier alpha value is -3.24. The molecule has 3 rings (SSSR count). The van der Waals surface area contributed by atoms with Gasteiger partial charge in [-0.15, -0.1) is 23.1 Å². The molecule has 0 aliphatic rings. The summed E-state index contributed by atoms with van der Waals surface area (Å²) in [6.07, 6.45) is 1.86. The summed E-state index contributed by atoms with van der Waals surface area (Å²) in [6.45, 7) is 1.56. The van der Waals surface area contributed by atoms with Gasteiger partial charge in [-0.3, -0.25) is 14.4 Å². The zero-order valence-corrected chi connectivity index (χ0v) is 18.7. The number of hydrogen-bond acceptors (Lipinski definition) is 8. The number of ether oxygens (including phenoxy) is 1. The third-order valence-corrected chi connectivity index (χ3v) is 5.79. The van der Waals surface area contributed by atoms with E-state index in [2.05, 4.69) is 25.3 Å². The number of anilines is 1. The van der Waals surface area contributed by atoms with Gasteiger partial charge < -0.3 is 15.4 Å². The van der Waals surface area contributed by atoms with E-state index in [4.69, 9.17) is 0 Å². The molecule has 0 aliphatic carbocycles. The molecule has 10 heteroatoms. The Balaban J connectivity index is 1.74. The van der Waals surface area contributed by atoms with Crippen molar-refractivity contribution in [3.8, 4) is 10.7 Å². The van der Waals surface area contributed by atoms with Crippen LogP contribution < -0.4 is 10.6 Å². The average Bonchev–Trinajstić information content (AvgIpc) is 3.32. The molecule has 2 heterocycles. The van der Waals surface area contributed by atoms with E-state index in [1.54, 1.807) is 31.2 Å². The van der Waals surface area contributed by atoms with Gasteiger partial charge in [0.25, 0.3) is 11.8 Å². The van der Waals surface area contributed by atoms with E-state index in [9.17, 15) is 14.4 Å². The lowest BCUT2D eigenvalue weighted by atomic mass is 10.1. The van der Waals surface area contributed by atoms with Crippen molar-refractivity contribution >= 4 is 46.6 Å². The maximum absolute atomic E-state index is 12.9. The Morgan fingerprint density at radius 3 is 2.45 bits per heavy atom. The molecule has 2 aromatic heterocycles. The second kappa shape index (κ2) is 10.2. The number of nitrogens with one attached hydrogen (secondary N) is 2. The van der Waals surface area contributed by atoms with Gasteiger partial charge in [0, 0.05) is 11.3 Å². The summed E-state index contributed by atoms with van der Waals surface area (Å²) in [5, 5.41) is 7.81. The zero-order valence-electron chi connectivity index (χ0n) is 17.1. The summed E-state index contributed by atoms with van der Waals surface area (Å²) in [6, 6.07) is 10.2. The van der Waals surface area contributed by atoms with Crippen molar-refractivity contribution in [3.05, 3.63) is 58.6 Å². The average molecular weight is 457 g/mol. The molecule has 0 aliphatic heterocycles. The van der Waals surface area contributed by atoms with Crippen LogP contribution in [0.2, 0.25) is 0 Å². The minimum absolute atomic E-state index is 0.216. The second-order valence-electron chi connectivity index (χ2n) is 6.28. The van der Waals surface area contributed by atoms with Crippen molar-refractivity contribution in [2.45, 2.75) is 11.9 Å². The van der Waals surface area contributed by atoms with Gasteiger partial charge in [-0.1, -0.05) is 6.07 Å². The number of thiophene rings is 1. The van der Waals surface area contributed by atoms with Crippen LogP contribution in [-0.4, -0.2) is 47.7 Å². The fourth-order valence-electron chi connectivity index (χ4n) is 2.70. The lowest BCUT2D eigenvalue weighted by molar-refractivity contribution is -0.139. The quantitative estimate of drug-likeness (QED) is 0.318. The van der Waals surface area contributed by atoms with Crippen LogP contribution in [0.1, 0.15) is 26.4 Å². The molecule has 2 amide bonds. The number of thioether (sulfide) groups is 1. The van der Waals surface area contributed by atoms with E-state index in [1.807, 2.05) is 23.8 Å². The predicted octanol–water partition coefficient (Wildman–Crippen LogP) is 3.39. The minimum atomic E-state index is -0.537. The Morgan fingerprint density at radius 1 is 1.10 bits per heavy atom. The molecule has 3 aromatic rings. The van der Waals surface area contributed by atoms with Gasteiger partial charge in [-0.25, -0.2) is 9.97 Å². The molecule has 0 bridgehead atoms. The maximum Gasteiger partial charge on any atom is 0.325 e. The number of benzene rings is 1. The third-order valence-electron chi connectivity index (χ3n) is 4.24. The lowest BCUT2D eigenvalue weighted by Crippen LogP contribution is -2.30. The highest BCUT2D eigenvalue weighted by atomic mass is 32.2. The normalized spacial score (nSPS) is 10.4. The third kappa shape index (κ3) is 5.47. The van der Waals surface area contributed by atoms with Crippen LogP contribution in [0.4, 0.5) is 5.69 Å². The van der Waals surface area contributed by atoms with Gasteiger partial charge in [0.2, 0.25) is 0 Å². The number of carbonyl (C=O) groups excluding carboxylic acids is 3. The maximum atomic E-state index is 12.9. The zero-order chi connectivity index (χ0) is 22.4. The van der Waals surface area contributed by atoms with Gasteiger partial charge in [-0.05, 0) is 48.9 Å². The summed E-state index contributed by atoms with van der Waals surface area (Å²) in [5.41, 5.74) is 1.86. The van der Waals surface area contributed by atoms with Crippen LogP contribution in [-0.2, 0) is 9.53 Å². The number of amides is 2. The van der Waals surface area contributed by atoms with E-state index >= 15 is 0 Å². The summed E-state index contributed by atoms with van der Waals surface area (Å²) in [5.74, 6) is -0.691. The van der Waals surface area contributed by atoms with Crippen LogP contribution in [0.25, 0.3) is 10.7 Å². The summed E-state index contributed by atoms with van der Waals surface area (Å²) in [7, 11) is 1.25. The first-order chi connectivity index (χ1) is 14.9. The van der Waals surface area contributed by atoms with E-state index in [1.165, 1.54) is 30.2 Å². The number of nitrogens with zero attached hydrogens (tertiary/aromatic N) is 2. The predicted molar refractivity (Wildman–Crippen MR) is 121 cm³/mol. The van der Waals surface area contributed by atoms with Gasteiger partial charge in [0.05, 0.1) is 23.2 Å². The Bertz CT molecular complexity index is 1100. The lowest BCUT2D eigenvalue weighted by Gasteiger charge is -2.12. The molecule has 0 saturated carbocycles. The Labute approximate surface area is 187 Å². The molecule has 0 unspecified atom stereocenters. The highest BCUT2D eigenvalue weighted by Gasteiger charge is 2.19. The molecular formula is C21H20N4O4S2. The molecule has 0 radical (unpaired) electrons. The van der Waals surface area contributed by atoms with Gasteiger partial charge in [-0.2, -0.15) is 0 Å². The topological polar surface area (TPSA) is 110 Å². The van der Waals surface area contributed by atoms with Crippen molar-refractivity contribution < 1.29 is 19.1 Å². The second-order valence-corrected chi connectivity index (χ2v) is 8.03. The number of esters is 1. The van der Waals surface area contributed by atoms with Crippen LogP contribution in [0, 0.1) is 6.92 Å². The molecule has 0 saturated heterocycles. The molecule has 2 N–H and O–H groups in total. The summed E-state index contributed by atoms with van der Waals surface area (Å²) < 4.78 is 4.49. The van der Waals surface area contributed by atoms with Crippen molar-refractivity contribution in [2.75, 3.05) is 25.2 Å². The smallest absolute Gasteiger partial charge is 0.325 e. The molecular weight excluding hydrogens is 436 g/mol. The monoisotopic (exact) mass is 456 g/mol. The highest BCUT2D eigenvalue weighted by molar-refractivity contribution is 7.98. The number of hydrogen-bond donors (Lipinski definition) is 2. The standard InChI is InChI=1S/C21H20N4O4S2/c1-12-17(21(30-3)25-18(23-12)15-5-4-10-31-15)20(28)24-14-8-6-13(7-9-14)19(27)22-11-16(26)29-2/h4-10H,11H2,1-3H3,(H,22,27)(H,24,28). The first-order valence-electron chi connectivity index (χ1n) is 9.16. The molecule has 0 atom stereocenters. The Kier molecular flexibility index (Phi) is 7.37. The molecule has 1 aromatic carbocycles. The number of carbonyl (C=O) groups is 3. The van der Waals surface area contributed by atoms with Gasteiger partial charge in [0.15, 0.2) is 5.82 Å². The van der Waals surface area contributed by atoms with E-state index in [0.29, 0.717) is 33.4 Å². The van der Waals surface area contributed by atoms with Crippen molar-refractivity contribution in [2.24, 2.45) is 0 Å². The number of aryl methyl sites for hydroxylation is 1. The Morgan fingerprint density at radius 2 is 1.84 bits per heavy atom. The first-order valence-corrected chi connectivity index (χ1v) is 11.3. The molecule has 31 heavy (non-hydrogen) atoms. The van der Waals surface area contributed by atoms with Crippen LogP contribution in [0.15, 0.2) is 46.8 Å². The molecule has 0 spiro atoms. The van der Waals surface area contributed by atoms with Crippen molar-refractivity contribution in [1.82, 2.24) is 15.3 Å². The minimum Gasteiger partial charge on any atom is -0.468 e. The van der Waals surface area contributed by atoms with Gasteiger partial charge in [0.1, 0.15) is 11.6 Å². The van der Waals surface area contributed by atoms with Crippen LogP contribution >= 0.6 is 23.1 Å². The van der Waals surface area contributed by atoms with Gasteiger partial charge >= 0.3 is 5.97 Å². The largest absolute Gasteiger partial charge is 0.468 e. The van der Waals surface area contributed by atoms with E-state index in [-0.39, 0.29) is 12.5 Å². The first kappa shape index (κ1) is 22.4. The van der Waals surface area contributed by atoms with Crippen LogP contribution in [0.3, 0.4) is 0 Å². The fraction of sp³-hybridized carbons (Fsp3) is 0.190. The summed E-state index contributed by atoms with van der Waals surface area (Å²) >= 11 is 2.92. The molecule has 160 valence electrons. The summed E-state index contributed by atoms with van der Waals surface area (Å²) in [4.78, 5) is 46.1. The van der Waals surface area contributed by atoms with Crippen LogP contribution in [0.5, 0.6) is 0 Å². The number of rotatable bonds is 7. The number of methoxy groups -OCH3 is 1. The van der Waals surface area contributed by atoms with Crippen molar-refractivity contribution in [1.29, 1.82) is 0 Å². The van der Waals surface area contributed by atoms with Crippen molar-refractivity contribution in [3.63, 3.8) is 0 Å². The fourth-order valence-corrected chi connectivity index (χ4v) is 3.98.